The molecule has 9 heteroatoms. The van der Waals surface area contributed by atoms with E-state index in [1.807, 2.05) is 0 Å². The second-order valence-corrected chi connectivity index (χ2v) is 5.69. The molecule has 1 aliphatic rings. The summed E-state index contributed by atoms with van der Waals surface area (Å²) in [5.74, 6) is -1.91. The fraction of sp³-hybridized carbons (Fsp3) is 0.562. The largest absolute Gasteiger partial charge is 0.394 e. The third kappa shape index (κ3) is 7.25. The van der Waals surface area contributed by atoms with Crippen LogP contribution in [-0.2, 0) is 24.0 Å². The lowest BCUT2D eigenvalue weighted by molar-refractivity contribution is -0.137. The highest BCUT2D eigenvalue weighted by Gasteiger charge is 2.22. The molecule has 4 amide bonds. The maximum Gasteiger partial charge on any atom is 0.253 e. The molecule has 0 spiro atoms. The number of ketones is 1. The van der Waals surface area contributed by atoms with Gasteiger partial charge in [0, 0.05) is 25.1 Å². The van der Waals surface area contributed by atoms with Gasteiger partial charge in [0.1, 0.15) is 11.8 Å². The van der Waals surface area contributed by atoms with Gasteiger partial charge in [-0.05, 0) is 19.8 Å². The van der Waals surface area contributed by atoms with Crippen LogP contribution < -0.4 is 10.6 Å². The lowest BCUT2D eigenvalue weighted by Crippen LogP contribution is -2.49. The van der Waals surface area contributed by atoms with Crippen molar-refractivity contribution in [3.05, 3.63) is 12.2 Å². The first-order valence-corrected chi connectivity index (χ1v) is 8.06. The molecule has 0 aromatic rings. The summed E-state index contributed by atoms with van der Waals surface area (Å²) < 4.78 is 0. The van der Waals surface area contributed by atoms with Crippen molar-refractivity contribution in [2.24, 2.45) is 0 Å². The van der Waals surface area contributed by atoms with Crippen LogP contribution >= 0.6 is 0 Å². The van der Waals surface area contributed by atoms with Gasteiger partial charge in [-0.15, -0.1) is 0 Å². The molecule has 0 saturated carbocycles. The molecule has 138 valence electrons. The molecule has 0 bridgehead atoms. The van der Waals surface area contributed by atoms with Crippen LogP contribution in [0.5, 0.6) is 0 Å². The Morgan fingerprint density at radius 1 is 1.12 bits per heavy atom. The van der Waals surface area contributed by atoms with Crippen molar-refractivity contribution < 1.29 is 29.1 Å². The lowest BCUT2D eigenvalue weighted by atomic mass is 10.1. The first-order valence-electron chi connectivity index (χ1n) is 8.06. The molecule has 1 aliphatic heterocycles. The number of rotatable bonds is 11. The number of aliphatic hydroxyl groups excluding tert-OH is 1. The number of carbonyl (C=O) groups is 5. The average molecular weight is 353 g/mol. The Bertz CT molecular complexity index is 554. The van der Waals surface area contributed by atoms with E-state index >= 15 is 0 Å². The molecule has 9 nitrogen and oxygen atoms in total. The molecule has 0 radical (unpaired) electrons. The minimum atomic E-state index is -1.10. The predicted molar refractivity (Wildman–Crippen MR) is 87.0 cm³/mol. The van der Waals surface area contributed by atoms with Gasteiger partial charge in [-0.3, -0.25) is 28.9 Å². The zero-order chi connectivity index (χ0) is 18.8. The van der Waals surface area contributed by atoms with Gasteiger partial charge < -0.3 is 15.7 Å². The van der Waals surface area contributed by atoms with Crippen LogP contribution in [0.15, 0.2) is 12.2 Å². The summed E-state index contributed by atoms with van der Waals surface area (Å²) in [6.07, 6.45) is 4.32. The van der Waals surface area contributed by atoms with E-state index in [2.05, 4.69) is 10.6 Å². The number of nitrogens with one attached hydrogen (secondary N) is 2. The molecule has 3 N–H and O–H groups in total. The van der Waals surface area contributed by atoms with Crippen LogP contribution in [0.2, 0.25) is 0 Å². The second kappa shape index (κ2) is 10.3. The first kappa shape index (κ1) is 20.5. The summed E-state index contributed by atoms with van der Waals surface area (Å²) >= 11 is 0. The van der Waals surface area contributed by atoms with Crippen molar-refractivity contribution in [1.82, 2.24) is 15.5 Å². The summed E-state index contributed by atoms with van der Waals surface area (Å²) in [6, 6.07) is -1.10. The zero-order valence-electron chi connectivity index (χ0n) is 14.1. The van der Waals surface area contributed by atoms with Crippen molar-refractivity contribution in [2.45, 2.75) is 38.6 Å². The van der Waals surface area contributed by atoms with Crippen LogP contribution in [0.4, 0.5) is 0 Å². The third-order valence-electron chi connectivity index (χ3n) is 3.53. The number of hydrogen-bond acceptors (Lipinski definition) is 6. The SMILES string of the molecule is CC(=O)CNC(=O)C(CO)NC(=O)CCCCCN1C(=O)C=CC1=O. The van der Waals surface area contributed by atoms with E-state index in [1.165, 1.54) is 19.1 Å². The van der Waals surface area contributed by atoms with Gasteiger partial charge in [-0.2, -0.15) is 0 Å². The normalized spacial score (nSPS) is 14.6. The van der Waals surface area contributed by atoms with Crippen molar-refractivity contribution in [3.8, 4) is 0 Å². The van der Waals surface area contributed by atoms with Crippen LogP contribution in [0.3, 0.4) is 0 Å². The Morgan fingerprint density at radius 2 is 1.76 bits per heavy atom. The number of aliphatic hydroxyl groups is 1. The molecule has 1 heterocycles. The first-order chi connectivity index (χ1) is 11.8. The third-order valence-corrected chi connectivity index (χ3v) is 3.53. The monoisotopic (exact) mass is 353 g/mol. The minimum absolute atomic E-state index is 0.149. The topological polar surface area (TPSA) is 133 Å². The van der Waals surface area contributed by atoms with Crippen LogP contribution in [0, 0.1) is 0 Å². The van der Waals surface area contributed by atoms with E-state index in [9.17, 15) is 24.0 Å². The van der Waals surface area contributed by atoms with E-state index in [0.717, 1.165) is 4.90 Å². The molecule has 1 rings (SSSR count). The maximum atomic E-state index is 11.8. The van der Waals surface area contributed by atoms with E-state index in [-0.39, 0.29) is 30.6 Å². The van der Waals surface area contributed by atoms with E-state index < -0.39 is 24.5 Å². The number of carbonyl (C=O) groups excluding carboxylic acids is 5. The van der Waals surface area contributed by atoms with Gasteiger partial charge in [-0.25, -0.2) is 0 Å². The minimum Gasteiger partial charge on any atom is -0.394 e. The Morgan fingerprint density at radius 3 is 2.32 bits per heavy atom. The second-order valence-electron chi connectivity index (χ2n) is 5.69. The van der Waals surface area contributed by atoms with E-state index in [1.54, 1.807) is 0 Å². The number of nitrogens with zero attached hydrogens (tertiary/aromatic N) is 1. The Labute approximate surface area is 145 Å². The van der Waals surface area contributed by atoms with Gasteiger partial charge >= 0.3 is 0 Å². The predicted octanol–water partition coefficient (Wildman–Crippen LogP) is -1.35. The highest BCUT2D eigenvalue weighted by Crippen LogP contribution is 2.07. The number of amides is 4. The molecule has 1 atom stereocenters. The molecule has 0 aromatic carbocycles. The molecule has 0 fully saturated rings. The van der Waals surface area contributed by atoms with Gasteiger partial charge in [0.25, 0.3) is 11.8 Å². The van der Waals surface area contributed by atoms with Crippen LogP contribution in [-0.4, -0.2) is 65.2 Å². The number of imide groups is 1. The fourth-order valence-corrected chi connectivity index (χ4v) is 2.18. The van der Waals surface area contributed by atoms with Crippen molar-refractivity contribution in [1.29, 1.82) is 0 Å². The fourth-order valence-electron chi connectivity index (χ4n) is 2.18. The molecule has 25 heavy (non-hydrogen) atoms. The molecule has 1 unspecified atom stereocenters. The summed E-state index contributed by atoms with van der Waals surface area (Å²) in [5, 5.41) is 13.9. The van der Waals surface area contributed by atoms with Crippen molar-refractivity contribution in [2.75, 3.05) is 19.7 Å². The quantitative estimate of drug-likeness (QED) is 0.311. The average Bonchev–Trinajstić information content (AvgIpc) is 2.88. The number of unbranched alkanes of at least 4 members (excludes halogenated alkanes) is 2. The maximum absolute atomic E-state index is 11.8. The summed E-state index contributed by atoms with van der Waals surface area (Å²) in [7, 11) is 0. The highest BCUT2D eigenvalue weighted by molar-refractivity contribution is 6.12. The van der Waals surface area contributed by atoms with Crippen LogP contribution in [0.25, 0.3) is 0 Å². The van der Waals surface area contributed by atoms with Gasteiger partial charge in [-0.1, -0.05) is 6.42 Å². The molecular formula is C16H23N3O6. The molecular weight excluding hydrogens is 330 g/mol. The number of hydrogen-bond donors (Lipinski definition) is 3. The summed E-state index contributed by atoms with van der Waals surface area (Å²) in [5.41, 5.74) is 0. The molecule has 0 aliphatic carbocycles. The van der Waals surface area contributed by atoms with Crippen LogP contribution in [0.1, 0.15) is 32.6 Å². The molecule has 0 saturated heterocycles. The lowest BCUT2D eigenvalue weighted by Gasteiger charge is -2.16. The molecule has 0 aromatic heterocycles. The van der Waals surface area contributed by atoms with Crippen molar-refractivity contribution >= 4 is 29.4 Å². The van der Waals surface area contributed by atoms with Gasteiger partial charge in [0.15, 0.2) is 0 Å². The Hall–Kier alpha value is -2.55. The van der Waals surface area contributed by atoms with Gasteiger partial charge in [0.2, 0.25) is 11.8 Å². The zero-order valence-corrected chi connectivity index (χ0v) is 14.1. The Kier molecular flexibility index (Phi) is 8.48. The van der Waals surface area contributed by atoms with E-state index in [4.69, 9.17) is 5.11 Å². The number of Topliss-reactive ketones (excluding diaryl/α,β-unsaturated/α-hetero) is 1. The standard InChI is InChI=1S/C16H23N3O6/c1-11(21)9-17-16(25)12(10-20)18-13(22)5-3-2-4-8-19-14(23)6-7-15(19)24/h6-7,12,20H,2-5,8-10H2,1H3,(H,17,25)(H,18,22). The summed E-state index contributed by atoms with van der Waals surface area (Å²) in [6.45, 7) is 0.890. The smallest absolute Gasteiger partial charge is 0.253 e. The van der Waals surface area contributed by atoms with Crippen molar-refractivity contribution in [3.63, 3.8) is 0 Å². The Balaban J connectivity index is 2.20. The van der Waals surface area contributed by atoms with E-state index in [0.29, 0.717) is 25.8 Å². The summed E-state index contributed by atoms with van der Waals surface area (Å²) in [4.78, 5) is 58.1. The van der Waals surface area contributed by atoms with Gasteiger partial charge in [0.05, 0.1) is 13.2 Å². The highest BCUT2D eigenvalue weighted by atomic mass is 16.3.